The molecule has 0 aliphatic heterocycles. The molecule has 3 rings (SSSR count). The van der Waals surface area contributed by atoms with E-state index in [1.165, 1.54) is 12.3 Å². The van der Waals surface area contributed by atoms with Crippen LogP contribution >= 0.6 is 39.1 Å². The number of hydrogen-bond acceptors (Lipinski definition) is 4. The summed E-state index contributed by atoms with van der Waals surface area (Å²) in [4.78, 5) is 12.2. The zero-order chi connectivity index (χ0) is 22.2. The standard InChI is InChI=1S/C23H19BrCl2N2O3/c1-2-30-22-11-16(5-10-21(22)31-14-15-3-7-18(24)8-4-15)13-27-28-23(29)17-6-9-19(25)20(26)12-17/h3-13H,2,14H2,1H3,(H,28,29)/b27-13-. The fourth-order valence-corrected chi connectivity index (χ4v) is 3.16. The molecule has 1 amide bonds. The number of nitrogens with one attached hydrogen (secondary N) is 1. The summed E-state index contributed by atoms with van der Waals surface area (Å²) in [5.74, 6) is 0.829. The van der Waals surface area contributed by atoms with Crippen LogP contribution < -0.4 is 14.9 Å². The summed E-state index contributed by atoms with van der Waals surface area (Å²) in [6.45, 7) is 2.81. The number of halogens is 3. The first-order valence-electron chi connectivity index (χ1n) is 9.39. The van der Waals surface area contributed by atoms with Crippen molar-refractivity contribution in [1.82, 2.24) is 5.43 Å². The Morgan fingerprint density at radius 3 is 2.48 bits per heavy atom. The first kappa shape index (κ1) is 23.1. The highest BCUT2D eigenvalue weighted by atomic mass is 79.9. The van der Waals surface area contributed by atoms with Crippen molar-refractivity contribution in [3.8, 4) is 11.5 Å². The molecule has 1 N–H and O–H groups in total. The Labute approximate surface area is 199 Å². The summed E-state index contributed by atoms with van der Waals surface area (Å²) in [6.07, 6.45) is 1.52. The molecule has 0 aliphatic rings. The summed E-state index contributed by atoms with van der Waals surface area (Å²) < 4.78 is 12.6. The number of hydrogen-bond donors (Lipinski definition) is 1. The molecule has 0 atom stereocenters. The summed E-state index contributed by atoms with van der Waals surface area (Å²) in [6, 6.07) is 18.0. The maximum Gasteiger partial charge on any atom is 0.271 e. The normalized spacial score (nSPS) is 10.8. The van der Waals surface area contributed by atoms with Gasteiger partial charge in [-0.05, 0) is 66.6 Å². The average molecular weight is 522 g/mol. The van der Waals surface area contributed by atoms with Gasteiger partial charge in [0.1, 0.15) is 6.61 Å². The van der Waals surface area contributed by atoms with Crippen LogP contribution in [-0.2, 0) is 6.61 Å². The van der Waals surface area contributed by atoms with Crippen LogP contribution in [0.4, 0.5) is 0 Å². The third-order valence-electron chi connectivity index (χ3n) is 4.14. The predicted molar refractivity (Wildman–Crippen MR) is 128 cm³/mol. The Balaban J connectivity index is 1.65. The second-order valence-corrected chi connectivity index (χ2v) is 8.11. The minimum Gasteiger partial charge on any atom is -0.490 e. The fourth-order valence-electron chi connectivity index (χ4n) is 2.60. The molecule has 160 valence electrons. The lowest BCUT2D eigenvalue weighted by Gasteiger charge is -2.12. The van der Waals surface area contributed by atoms with Gasteiger partial charge < -0.3 is 9.47 Å². The van der Waals surface area contributed by atoms with Gasteiger partial charge in [-0.15, -0.1) is 0 Å². The van der Waals surface area contributed by atoms with Gasteiger partial charge in [-0.1, -0.05) is 51.3 Å². The lowest BCUT2D eigenvalue weighted by molar-refractivity contribution is 0.0955. The van der Waals surface area contributed by atoms with Gasteiger partial charge in [-0.3, -0.25) is 4.79 Å². The van der Waals surface area contributed by atoms with Crippen molar-refractivity contribution in [1.29, 1.82) is 0 Å². The molecule has 3 aromatic rings. The lowest BCUT2D eigenvalue weighted by atomic mass is 10.2. The molecule has 0 unspecified atom stereocenters. The molecule has 0 fully saturated rings. The highest BCUT2D eigenvalue weighted by Crippen LogP contribution is 2.29. The minimum absolute atomic E-state index is 0.304. The molecular formula is C23H19BrCl2N2O3. The van der Waals surface area contributed by atoms with E-state index in [4.69, 9.17) is 32.7 Å². The summed E-state index contributed by atoms with van der Waals surface area (Å²) in [7, 11) is 0. The van der Waals surface area contributed by atoms with E-state index >= 15 is 0 Å². The second kappa shape index (κ2) is 11.2. The molecule has 0 spiro atoms. The van der Waals surface area contributed by atoms with E-state index in [0.29, 0.717) is 40.3 Å². The van der Waals surface area contributed by atoms with Crippen LogP contribution in [0.3, 0.4) is 0 Å². The van der Waals surface area contributed by atoms with Gasteiger partial charge >= 0.3 is 0 Å². The molecule has 31 heavy (non-hydrogen) atoms. The van der Waals surface area contributed by atoms with Crippen LogP contribution in [0.5, 0.6) is 11.5 Å². The molecule has 0 saturated heterocycles. The Kier molecular flexibility index (Phi) is 8.35. The number of rotatable bonds is 8. The van der Waals surface area contributed by atoms with Gasteiger partial charge in [0, 0.05) is 10.0 Å². The average Bonchev–Trinajstić information content (AvgIpc) is 2.76. The van der Waals surface area contributed by atoms with Crippen molar-refractivity contribution >= 4 is 51.3 Å². The third-order valence-corrected chi connectivity index (χ3v) is 5.40. The zero-order valence-corrected chi connectivity index (χ0v) is 19.7. The smallest absolute Gasteiger partial charge is 0.271 e. The number of carbonyl (C=O) groups excluding carboxylic acids is 1. The van der Waals surface area contributed by atoms with E-state index in [1.54, 1.807) is 18.2 Å². The van der Waals surface area contributed by atoms with Crippen LogP contribution in [0.1, 0.15) is 28.4 Å². The summed E-state index contributed by atoms with van der Waals surface area (Å²) in [5, 5.41) is 4.69. The van der Waals surface area contributed by atoms with Crippen molar-refractivity contribution in [2.24, 2.45) is 5.10 Å². The Morgan fingerprint density at radius 1 is 1.00 bits per heavy atom. The maximum atomic E-state index is 12.2. The van der Waals surface area contributed by atoms with E-state index < -0.39 is 5.91 Å². The molecule has 0 radical (unpaired) electrons. The zero-order valence-electron chi connectivity index (χ0n) is 16.6. The maximum absolute atomic E-state index is 12.2. The Bertz CT molecular complexity index is 1090. The molecule has 0 heterocycles. The molecule has 0 aromatic heterocycles. The van der Waals surface area contributed by atoms with Crippen LogP contribution in [0.25, 0.3) is 0 Å². The van der Waals surface area contributed by atoms with Gasteiger partial charge in [-0.2, -0.15) is 5.10 Å². The quantitative estimate of drug-likeness (QED) is 0.272. The predicted octanol–water partition coefficient (Wildman–Crippen LogP) is 6.50. The highest BCUT2D eigenvalue weighted by Gasteiger charge is 2.08. The van der Waals surface area contributed by atoms with Crippen molar-refractivity contribution in [2.45, 2.75) is 13.5 Å². The Hall–Kier alpha value is -2.54. The van der Waals surface area contributed by atoms with E-state index in [-0.39, 0.29) is 0 Å². The highest BCUT2D eigenvalue weighted by molar-refractivity contribution is 9.10. The van der Waals surface area contributed by atoms with E-state index in [1.807, 2.05) is 43.3 Å². The van der Waals surface area contributed by atoms with Gasteiger partial charge in [0.25, 0.3) is 5.91 Å². The molecule has 0 aliphatic carbocycles. The van der Waals surface area contributed by atoms with Crippen LogP contribution in [-0.4, -0.2) is 18.7 Å². The first-order valence-corrected chi connectivity index (χ1v) is 10.9. The molecular weight excluding hydrogens is 503 g/mol. The first-order chi connectivity index (χ1) is 15.0. The van der Waals surface area contributed by atoms with Gasteiger partial charge in [0.15, 0.2) is 11.5 Å². The van der Waals surface area contributed by atoms with Crippen molar-refractivity contribution < 1.29 is 14.3 Å². The third kappa shape index (κ3) is 6.72. The van der Waals surface area contributed by atoms with Gasteiger partial charge in [-0.25, -0.2) is 5.43 Å². The second-order valence-electron chi connectivity index (χ2n) is 6.38. The number of benzene rings is 3. The van der Waals surface area contributed by atoms with Gasteiger partial charge in [0.05, 0.1) is 22.9 Å². The SMILES string of the molecule is CCOc1cc(/C=N\NC(=O)c2ccc(Cl)c(Cl)c2)ccc1OCc1ccc(Br)cc1. The number of carbonyl (C=O) groups is 1. The van der Waals surface area contributed by atoms with Crippen molar-refractivity contribution in [3.05, 3.63) is 91.9 Å². The molecule has 8 heteroatoms. The number of nitrogens with zero attached hydrogens (tertiary/aromatic N) is 1. The number of hydrazone groups is 1. The van der Waals surface area contributed by atoms with Crippen LogP contribution in [0, 0.1) is 0 Å². The summed E-state index contributed by atoms with van der Waals surface area (Å²) >= 11 is 15.2. The summed E-state index contributed by atoms with van der Waals surface area (Å²) in [5.41, 5.74) is 4.61. The molecule has 5 nitrogen and oxygen atoms in total. The monoisotopic (exact) mass is 520 g/mol. The lowest BCUT2D eigenvalue weighted by Crippen LogP contribution is -2.17. The van der Waals surface area contributed by atoms with Crippen molar-refractivity contribution in [3.63, 3.8) is 0 Å². The number of amides is 1. The molecule has 3 aromatic carbocycles. The Morgan fingerprint density at radius 2 is 1.77 bits per heavy atom. The van der Waals surface area contributed by atoms with Crippen LogP contribution in [0.2, 0.25) is 10.0 Å². The molecule has 0 bridgehead atoms. The topological polar surface area (TPSA) is 59.9 Å². The van der Waals surface area contributed by atoms with E-state index in [0.717, 1.165) is 15.6 Å². The minimum atomic E-state index is -0.394. The fraction of sp³-hybridized carbons (Fsp3) is 0.130. The van der Waals surface area contributed by atoms with Crippen LogP contribution in [0.15, 0.2) is 70.2 Å². The van der Waals surface area contributed by atoms with Gasteiger partial charge in [0.2, 0.25) is 0 Å². The van der Waals surface area contributed by atoms with E-state index in [2.05, 4.69) is 26.5 Å². The number of ether oxygens (including phenoxy) is 2. The largest absolute Gasteiger partial charge is 0.490 e. The van der Waals surface area contributed by atoms with Crippen molar-refractivity contribution in [2.75, 3.05) is 6.61 Å². The van der Waals surface area contributed by atoms with E-state index in [9.17, 15) is 4.79 Å². The molecule has 0 saturated carbocycles.